The van der Waals surface area contributed by atoms with Gasteiger partial charge in [0.15, 0.2) is 11.5 Å². The zero-order valence-corrected chi connectivity index (χ0v) is 22.2. The van der Waals surface area contributed by atoms with Crippen LogP contribution in [0.2, 0.25) is 0 Å². The van der Waals surface area contributed by atoms with Crippen LogP contribution >= 0.6 is 0 Å². The highest BCUT2D eigenvalue weighted by molar-refractivity contribution is 6.47. The second kappa shape index (κ2) is 11.4. The Morgan fingerprint density at radius 3 is 2.82 bits per heavy atom. The molecule has 0 radical (unpaired) electrons. The van der Waals surface area contributed by atoms with Crippen molar-refractivity contribution < 1.29 is 9.53 Å². The number of rotatable bonds is 8. The summed E-state index contributed by atoms with van der Waals surface area (Å²) in [5.41, 5.74) is 9.44. The number of aromatic nitrogens is 5. The molecule has 0 spiro atoms. The quantitative estimate of drug-likeness (QED) is 0.254. The van der Waals surface area contributed by atoms with Crippen molar-refractivity contribution in [2.24, 2.45) is 10.7 Å². The number of aryl methyl sites for hydroxylation is 1. The molecule has 12 nitrogen and oxygen atoms in total. The number of fused-ring (bicyclic) bond motifs is 1. The number of carbonyl (C=O) groups is 1. The number of carbonyl (C=O) groups excluding carboxylic acids is 1. The number of hydrogen-bond acceptors (Lipinski definition) is 9. The van der Waals surface area contributed by atoms with E-state index >= 15 is 0 Å². The van der Waals surface area contributed by atoms with E-state index in [-0.39, 0.29) is 11.6 Å². The molecule has 202 valence electrons. The maximum Gasteiger partial charge on any atom is 0.273 e. The highest BCUT2D eigenvalue weighted by atomic mass is 16.5. The van der Waals surface area contributed by atoms with Gasteiger partial charge in [-0.1, -0.05) is 6.07 Å². The molecule has 1 aromatic carbocycles. The van der Waals surface area contributed by atoms with Gasteiger partial charge < -0.3 is 26.4 Å². The zero-order valence-electron chi connectivity index (χ0n) is 22.2. The molecular weight excluding hydrogens is 496 g/mol. The largest absolute Gasteiger partial charge is 0.438 e. The second-order valence-corrected chi connectivity index (χ2v) is 9.45. The van der Waals surface area contributed by atoms with E-state index < -0.39 is 0 Å². The summed E-state index contributed by atoms with van der Waals surface area (Å²) >= 11 is 0. The fraction of sp³-hybridized carbons (Fsp3) is 0.296. The number of anilines is 3. The van der Waals surface area contributed by atoms with Crippen molar-refractivity contribution in [2.75, 3.05) is 30.8 Å². The first kappa shape index (κ1) is 25.9. The molecule has 1 saturated heterocycles. The number of nitrogens with one attached hydrogen (secondary N) is 3. The molecule has 12 heteroatoms. The number of aliphatic imine (C=N–C) groups is 1. The lowest BCUT2D eigenvalue weighted by molar-refractivity contribution is -0.110. The zero-order chi connectivity index (χ0) is 27.4. The Kier molecular flexibility index (Phi) is 7.55. The van der Waals surface area contributed by atoms with Gasteiger partial charge >= 0.3 is 0 Å². The molecule has 1 amide bonds. The molecule has 5 rings (SSSR count). The SMILES string of the molecule is CN=C(C=C(C)N)C(=O)Nc1cc(Oc2ccc3nc(Nc4cnn(C5CCNCC5)c4)cn3n2)ccc1C. The third kappa shape index (κ3) is 6.24. The van der Waals surface area contributed by atoms with E-state index in [0.717, 1.165) is 37.2 Å². The van der Waals surface area contributed by atoms with Crippen molar-refractivity contribution in [1.82, 2.24) is 29.7 Å². The van der Waals surface area contributed by atoms with Crippen molar-refractivity contribution in [3.63, 3.8) is 0 Å². The lowest BCUT2D eigenvalue weighted by atomic mass is 10.1. The van der Waals surface area contributed by atoms with Crippen molar-refractivity contribution in [2.45, 2.75) is 32.7 Å². The van der Waals surface area contributed by atoms with Crippen LogP contribution in [-0.4, -0.2) is 56.1 Å². The number of allylic oxidation sites excluding steroid dienone is 1. The van der Waals surface area contributed by atoms with Gasteiger partial charge in [-0.2, -0.15) is 5.10 Å². The molecule has 4 heterocycles. The number of nitrogens with zero attached hydrogens (tertiary/aromatic N) is 6. The average molecular weight is 529 g/mol. The van der Waals surface area contributed by atoms with Gasteiger partial charge in [0.05, 0.1) is 24.1 Å². The van der Waals surface area contributed by atoms with Gasteiger partial charge in [-0.25, -0.2) is 9.50 Å². The third-order valence-electron chi connectivity index (χ3n) is 6.37. The number of benzene rings is 1. The van der Waals surface area contributed by atoms with Crippen LogP contribution in [0.5, 0.6) is 11.6 Å². The summed E-state index contributed by atoms with van der Waals surface area (Å²) in [5, 5.41) is 18.6. The minimum Gasteiger partial charge on any atom is -0.438 e. The molecular formula is C27H32N10O2. The van der Waals surface area contributed by atoms with E-state index in [1.807, 2.05) is 42.2 Å². The summed E-state index contributed by atoms with van der Waals surface area (Å²) in [6, 6.07) is 9.40. The Bertz CT molecular complexity index is 1540. The lowest BCUT2D eigenvalue weighted by Crippen LogP contribution is -2.29. The van der Waals surface area contributed by atoms with Crippen molar-refractivity contribution >= 4 is 34.5 Å². The van der Waals surface area contributed by atoms with Crippen LogP contribution in [0, 0.1) is 6.92 Å². The Morgan fingerprint density at radius 2 is 2.05 bits per heavy atom. The summed E-state index contributed by atoms with van der Waals surface area (Å²) in [6.07, 6.45) is 9.28. The first-order chi connectivity index (χ1) is 18.9. The van der Waals surface area contributed by atoms with Crippen LogP contribution in [0.4, 0.5) is 17.2 Å². The topological polar surface area (TPSA) is 149 Å². The van der Waals surface area contributed by atoms with Gasteiger partial charge in [0.2, 0.25) is 5.88 Å². The Labute approximate surface area is 226 Å². The summed E-state index contributed by atoms with van der Waals surface area (Å²) in [6.45, 7) is 5.61. The monoisotopic (exact) mass is 528 g/mol. The van der Waals surface area contributed by atoms with Crippen molar-refractivity contribution in [3.05, 3.63) is 66.3 Å². The maximum atomic E-state index is 12.6. The normalized spacial score (nSPS) is 14.9. The molecule has 0 saturated carbocycles. The minimum absolute atomic E-state index is 0.232. The standard InChI is InChI=1S/C27H32N10O2/c1-17-4-5-21(13-22(17)33-27(38)23(29-3)12-18(2)28)39-26-7-6-25-34-24(16-37(25)35-26)32-19-14-31-36(15-19)20-8-10-30-11-9-20/h4-7,12-16,20,30,32H,8-11,28H2,1-3H3,(H,33,38). The molecule has 1 aliphatic rings. The summed E-state index contributed by atoms with van der Waals surface area (Å²) in [4.78, 5) is 21.2. The van der Waals surface area contributed by atoms with Gasteiger partial charge in [-0.15, -0.1) is 5.10 Å². The second-order valence-electron chi connectivity index (χ2n) is 9.45. The smallest absolute Gasteiger partial charge is 0.273 e. The molecule has 39 heavy (non-hydrogen) atoms. The average Bonchev–Trinajstić information content (AvgIpc) is 3.56. The van der Waals surface area contributed by atoms with E-state index in [1.165, 1.54) is 6.08 Å². The number of hydrogen-bond donors (Lipinski definition) is 4. The predicted molar refractivity (Wildman–Crippen MR) is 151 cm³/mol. The van der Waals surface area contributed by atoms with Crippen molar-refractivity contribution in [1.29, 1.82) is 0 Å². The minimum atomic E-state index is -0.359. The van der Waals surface area contributed by atoms with Gasteiger partial charge in [0.1, 0.15) is 11.5 Å². The fourth-order valence-corrected chi connectivity index (χ4v) is 4.35. The third-order valence-corrected chi connectivity index (χ3v) is 6.37. The molecule has 0 unspecified atom stereocenters. The molecule has 1 fully saturated rings. The molecule has 3 aromatic heterocycles. The van der Waals surface area contributed by atoms with Crippen LogP contribution in [0.25, 0.3) is 5.65 Å². The first-order valence-electron chi connectivity index (χ1n) is 12.8. The van der Waals surface area contributed by atoms with Crippen molar-refractivity contribution in [3.8, 4) is 11.6 Å². The first-order valence-corrected chi connectivity index (χ1v) is 12.8. The highest BCUT2D eigenvalue weighted by Gasteiger charge is 2.16. The Hall–Kier alpha value is -4.71. The number of piperidine rings is 1. The van der Waals surface area contributed by atoms with Gasteiger partial charge in [-0.05, 0) is 63.6 Å². The number of nitrogens with two attached hydrogens (primary N) is 1. The van der Waals surface area contributed by atoms with Crippen LogP contribution in [-0.2, 0) is 4.79 Å². The van der Waals surface area contributed by atoms with E-state index in [4.69, 9.17) is 10.5 Å². The Balaban J connectivity index is 1.28. The lowest BCUT2D eigenvalue weighted by Gasteiger charge is -2.22. The highest BCUT2D eigenvalue weighted by Crippen LogP contribution is 2.27. The van der Waals surface area contributed by atoms with Gasteiger partial charge in [0, 0.05) is 36.8 Å². The number of amides is 1. The van der Waals surface area contributed by atoms with E-state index in [0.29, 0.717) is 40.5 Å². The molecule has 5 N–H and O–H groups in total. The van der Waals surface area contributed by atoms with Gasteiger partial charge in [0.25, 0.3) is 5.91 Å². The van der Waals surface area contributed by atoms with E-state index in [1.54, 1.807) is 36.8 Å². The molecule has 0 atom stereocenters. The van der Waals surface area contributed by atoms with Crippen LogP contribution in [0.1, 0.15) is 31.4 Å². The van der Waals surface area contributed by atoms with Crippen LogP contribution in [0.3, 0.4) is 0 Å². The maximum absolute atomic E-state index is 12.6. The predicted octanol–water partition coefficient (Wildman–Crippen LogP) is 3.57. The molecule has 0 aliphatic carbocycles. The number of imidazole rings is 1. The summed E-state index contributed by atoms with van der Waals surface area (Å²) in [7, 11) is 1.54. The number of ether oxygens (including phenoxy) is 1. The van der Waals surface area contributed by atoms with Crippen LogP contribution < -0.4 is 26.4 Å². The van der Waals surface area contributed by atoms with E-state index in [9.17, 15) is 4.79 Å². The molecule has 0 bridgehead atoms. The Morgan fingerprint density at radius 1 is 1.23 bits per heavy atom. The molecule has 1 aliphatic heterocycles. The summed E-state index contributed by atoms with van der Waals surface area (Å²) in [5.74, 6) is 1.19. The van der Waals surface area contributed by atoms with Crippen LogP contribution in [0.15, 0.2) is 65.7 Å². The summed E-state index contributed by atoms with van der Waals surface area (Å²) < 4.78 is 9.67. The molecule has 4 aromatic rings. The fourth-order valence-electron chi connectivity index (χ4n) is 4.35. The van der Waals surface area contributed by atoms with E-state index in [2.05, 4.69) is 36.1 Å². The van der Waals surface area contributed by atoms with Gasteiger partial charge in [-0.3, -0.25) is 14.5 Å².